The first kappa shape index (κ1) is 31.1. The average Bonchev–Trinajstić information content (AvgIpc) is 3.94. The summed E-state index contributed by atoms with van der Waals surface area (Å²) in [5.74, 6) is 0.876. The van der Waals surface area contributed by atoms with Crippen LogP contribution in [0.4, 0.5) is 16.4 Å². The van der Waals surface area contributed by atoms with Crippen molar-refractivity contribution in [2.45, 2.75) is 15.2 Å². The van der Waals surface area contributed by atoms with Crippen LogP contribution in [0.25, 0.3) is 54.3 Å². The Kier molecular flexibility index (Phi) is 6.68. The number of hydrogen-bond acceptors (Lipinski definition) is 4. The van der Waals surface area contributed by atoms with Crippen LogP contribution in [0, 0.1) is 0 Å². The molecule has 0 N–H and O–H groups in total. The summed E-state index contributed by atoms with van der Waals surface area (Å²) in [7, 11) is 0. The van der Waals surface area contributed by atoms with Gasteiger partial charge in [-0.15, -0.1) is 11.3 Å². The molecule has 0 saturated heterocycles. The summed E-state index contributed by atoms with van der Waals surface area (Å²) in [4.78, 5) is 5.08. The minimum absolute atomic E-state index is 0.454. The number of hydrogen-bond donors (Lipinski definition) is 0. The molecule has 55 heavy (non-hydrogen) atoms. The molecule has 0 unspecified atom stereocenters. The highest BCUT2D eigenvalue weighted by atomic mass is 32.2. The lowest BCUT2D eigenvalue weighted by Gasteiger charge is -2.39. The number of nitrogens with zero attached hydrogens (tertiary/aromatic N) is 1. The van der Waals surface area contributed by atoms with Crippen molar-refractivity contribution in [2.75, 3.05) is 4.90 Å². The molecule has 12 rings (SSSR count). The molecule has 3 heterocycles. The van der Waals surface area contributed by atoms with E-state index in [1.165, 1.54) is 64.0 Å². The molecule has 0 fully saturated rings. The van der Waals surface area contributed by atoms with Crippen molar-refractivity contribution in [2.24, 2.45) is 0 Å². The van der Waals surface area contributed by atoms with Crippen LogP contribution in [0.3, 0.4) is 0 Å². The van der Waals surface area contributed by atoms with E-state index in [1.807, 2.05) is 23.1 Å². The van der Waals surface area contributed by atoms with Gasteiger partial charge in [0.05, 0.1) is 16.8 Å². The van der Waals surface area contributed by atoms with Crippen molar-refractivity contribution < 1.29 is 4.42 Å². The Balaban J connectivity index is 1.12. The summed E-state index contributed by atoms with van der Waals surface area (Å²) in [6.45, 7) is 0. The Bertz CT molecular complexity index is 3090. The van der Waals surface area contributed by atoms with Crippen LogP contribution < -0.4 is 4.90 Å². The van der Waals surface area contributed by atoms with Crippen LogP contribution in [0.2, 0.25) is 0 Å². The zero-order valence-corrected chi connectivity index (χ0v) is 31.2. The second-order valence-corrected chi connectivity index (χ2v) is 16.6. The fourth-order valence-corrected chi connectivity index (χ4v) is 11.6. The Morgan fingerprint density at radius 2 is 1.13 bits per heavy atom. The third kappa shape index (κ3) is 4.44. The van der Waals surface area contributed by atoms with Gasteiger partial charge in [0.25, 0.3) is 0 Å². The summed E-state index contributed by atoms with van der Waals surface area (Å²) in [5, 5.41) is 5.87. The van der Waals surface area contributed by atoms with Crippen LogP contribution >= 0.6 is 23.1 Å². The largest absolute Gasteiger partial charge is 0.456 e. The van der Waals surface area contributed by atoms with Crippen molar-refractivity contribution in [3.8, 4) is 22.5 Å². The van der Waals surface area contributed by atoms with Crippen molar-refractivity contribution in [1.82, 2.24) is 0 Å². The van der Waals surface area contributed by atoms with Crippen LogP contribution in [0.15, 0.2) is 202 Å². The van der Waals surface area contributed by atoms with E-state index in [9.17, 15) is 0 Å². The standard InChI is InChI=1S/C51H31NOS2/c1-3-16-36-32(13-1)15-11-18-37(36)45-29-33-27-28-35(31-44(33)53-45)52(49-30-34-14-2-8-24-46(34)55-49)43-23-12-22-42-50(43)38-17-4-5-19-39(38)51(42)40-20-6-9-25-47(40)54-48-26-10-7-21-41(48)51/h1-31H. The molecule has 2 aliphatic rings. The predicted molar refractivity (Wildman–Crippen MR) is 231 cm³/mol. The second kappa shape index (κ2) is 11.8. The molecular weight excluding hydrogens is 707 g/mol. The number of benzene rings is 8. The van der Waals surface area contributed by atoms with Gasteiger partial charge in [-0.05, 0) is 92.5 Å². The summed E-state index contributed by atoms with van der Waals surface area (Å²) in [5.41, 5.74) is 11.6. The van der Waals surface area contributed by atoms with Crippen molar-refractivity contribution >= 4 is 71.3 Å². The molecule has 4 heteroatoms. The molecule has 2 nitrogen and oxygen atoms in total. The SMILES string of the molecule is c1ccc2c(c1)Sc1ccccc1C21c2ccccc2-c2c(N(c3ccc4cc(-c5cccc6ccccc56)oc4c3)c3cc4ccccc4s3)cccc21. The maximum Gasteiger partial charge on any atom is 0.136 e. The molecule has 258 valence electrons. The number of fused-ring (bicyclic) bond motifs is 12. The lowest BCUT2D eigenvalue weighted by molar-refractivity contribution is 0.632. The number of anilines is 3. The molecule has 0 radical (unpaired) electrons. The van der Waals surface area contributed by atoms with Crippen molar-refractivity contribution in [3.05, 3.63) is 210 Å². The maximum absolute atomic E-state index is 6.78. The molecule has 1 aliphatic carbocycles. The average molecular weight is 738 g/mol. The fourth-order valence-electron chi connectivity index (χ4n) is 9.27. The van der Waals surface area contributed by atoms with Gasteiger partial charge < -0.3 is 9.32 Å². The quantitative estimate of drug-likeness (QED) is 0.179. The number of furan rings is 1. The third-order valence-corrected chi connectivity index (χ3v) is 13.8. The zero-order valence-electron chi connectivity index (χ0n) is 29.6. The molecule has 0 bridgehead atoms. The molecule has 10 aromatic rings. The molecular formula is C51H31NOS2. The monoisotopic (exact) mass is 737 g/mol. The highest BCUT2D eigenvalue weighted by Gasteiger charge is 2.51. The van der Waals surface area contributed by atoms with E-state index in [0.29, 0.717) is 0 Å². The van der Waals surface area contributed by atoms with Gasteiger partial charge in [-0.1, -0.05) is 145 Å². The van der Waals surface area contributed by atoms with Gasteiger partial charge >= 0.3 is 0 Å². The van der Waals surface area contributed by atoms with E-state index < -0.39 is 5.41 Å². The lowest BCUT2D eigenvalue weighted by Crippen LogP contribution is -2.32. The summed E-state index contributed by atoms with van der Waals surface area (Å²) < 4.78 is 8.04. The summed E-state index contributed by atoms with van der Waals surface area (Å²) in [6.07, 6.45) is 0. The number of thiophene rings is 1. The van der Waals surface area contributed by atoms with Crippen molar-refractivity contribution in [1.29, 1.82) is 0 Å². The minimum Gasteiger partial charge on any atom is -0.456 e. The second-order valence-electron chi connectivity index (χ2n) is 14.4. The van der Waals surface area contributed by atoms with E-state index >= 15 is 0 Å². The first-order chi connectivity index (χ1) is 27.3. The lowest BCUT2D eigenvalue weighted by atomic mass is 9.67. The molecule has 0 atom stereocenters. The van der Waals surface area contributed by atoms with Crippen LogP contribution in [-0.2, 0) is 5.41 Å². The van der Waals surface area contributed by atoms with E-state index in [-0.39, 0.29) is 0 Å². The summed E-state index contributed by atoms with van der Waals surface area (Å²) >= 11 is 3.71. The minimum atomic E-state index is -0.454. The Labute approximate surface area is 326 Å². The Morgan fingerprint density at radius 3 is 1.96 bits per heavy atom. The van der Waals surface area contributed by atoms with Crippen LogP contribution in [-0.4, -0.2) is 0 Å². The molecule has 1 aliphatic heterocycles. The van der Waals surface area contributed by atoms with E-state index in [2.05, 4.69) is 193 Å². The topological polar surface area (TPSA) is 16.4 Å². The van der Waals surface area contributed by atoms with E-state index in [1.54, 1.807) is 0 Å². The van der Waals surface area contributed by atoms with Gasteiger partial charge in [-0.25, -0.2) is 0 Å². The van der Waals surface area contributed by atoms with Gasteiger partial charge in [0, 0.05) is 37.1 Å². The molecule has 0 saturated carbocycles. The third-order valence-electron chi connectivity index (χ3n) is 11.5. The number of rotatable bonds is 4. The Morgan fingerprint density at radius 1 is 0.473 bits per heavy atom. The van der Waals surface area contributed by atoms with Gasteiger partial charge in [-0.2, -0.15) is 0 Å². The normalized spacial score (nSPS) is 13.5. The van der Waals surface area contributed by atoms with Crippen LogP contribution in [0.1, 0.15) is 22.3 Å². The van der Waals surface area contributed by atoms with E-state index in [4.69, 9.17) is 4.42 Å². The van der Waals surface area contributed by atoms with E-state index in [0.717, 1.165) is 38.7 Å². The van der Waals surface area contributed by atoms with Crippen molar-refractivity contribution in [3.63, 3.8) is 0 Å². The highest BCUT2D eigenvalue weighted by Crippen LogP contribution is 2.64. The molecule has 2 aromatic heterocycles. The van der Waals surface area contributed by atoms with Gasteiger partial charge in [0.1, 0.15) is 16.3 Å². The predicted octanol–water partition coefficient (Wildman–Crippen LogP) is 14.8. The molecule has 8 aromatic carbocycles. The van der Waals surface area contributed by atoms with Crippen LogP contribution in [0.5, 0.6) is 0 Å². The fraction of sp³-hybridized carbons (Fsp3) is 0.0196. The molecule has 1 spiro atoms. The highest BCUT2D eigenvalue weighted by molar-refractivity contribution is 7.99. The van der Waals surface area contributed by atoms with Gasteiger partial charge in [0.2, 0.25) is 0 Å². The zero-order chi connectivity index (χ0) is 36.1. The smallest absolute Gasteiger partial charge is 0.136 e. The molecule has 0 amide bonds. The summed E-state index contributed by atoms with van der Waals surface area (Å²) in [6, 6.07) is 68.9. The maximum atomic E-state index is 6.78. The van der Waals surface area contributed by atoms with Gasteiger partial charge in [-0.3, -0.25) is 0 Å². The first-order valence-electron chi connectivity index (χ1n) is 18.7. The Hall–Kier alpha value is -6.33. The van der Waals surface area contributed by atoms with Gasteiger partial charge in [0.15, 0.2) is 0 Å². The first-order valence-corrected chi connectivity index (χ1v) is 20.3.